The van der Waals surface area contributed by atoms with Crippen LogP contribution in [0, 0.1) is 0 Å². The van der Waals surface area contributed by atoms with Crippen molar-refractivity contribution < 1.29 is 25.7 Å². The molecule has 0 atom stereocenters. The molecule has 3 heteroatoms. The van der Waals surface area contributed by atoms with E-state index in [1.165, 1.54) is 96.3 Å². The molecule has 0 rings (SSSR count). The van der Waals surface area contributed by atoms with E-state index >= 15 is 0 Å². The number of unbranched alkanes of at least 4 members (excludes halogenated alkanes) is 14. The quantitative estimate of drug-likeness (QED) is 0.265. The Labute approximate surface area is 136 Å². The molecule has 0 N–H and O–H groups in total. The van der Waals surface area contributed by atoms with Crippen molar-refractivity contribution in [2.75, 3.05) is 0 Å². The number of hydrogen-bond donors (Lipinski definition) is 0. The molecule has 0 aromatic carbocycles. The predicted octanol–water partition coefficient (Wildman–Crippen LogP) is 6.64. The van der Waals surface area contributed by atoms with Gasteiger partial charge in [-0.15, -0.1) is 0 Å². The minimum absolute atomic E-state index is 1.37. The van der Waals surface area contributed by atoms with Crippen molar-refractivity contribution in [1.29, 1.82) is 0 Å². The molecule has 2 nitrogen and oxygen atoms in total. The minimum atomic E-state index is -2.00. The van der Waals surface area contributed by atoms with Crippen LogP contribution >= 0.6 is 0 Å². The van der Waals surface area contributed by atoms with Crippen LogP contribution in [0.5, 0.6) is 0 Å². The molecule has 0 aromatic rings. The van der Waals surface area contributed by atoms with Crippen LogP contribution in [0.2, 0.25) is 0 Å². The molecular formula is C17H36O2Ti. The first-order valence-corrected chi connectivity index (χ1v) is 10.1. The molecule has 0 saturated carbocycles. The fourth-order valence-electron chi connectivity index (χ4n) is 2.44. The fraction of sp³-hybridized carbons (Fsp3) is 1.00. The molecule has 0 aliphatic heterocycles. The van der Waals surface area contributed by atoms with Crippen molar-refractivity contribution >= 4 is 0 Å². The van der Waals surface area contributed by atoms with Crippen molar-refractivity contribution in [3.8, 4) is 0 Å². The van der Waals surface area contributed by atoms with Crippen molar-refractivity contribution in [2.24, 2.45) is 0 Å². The van der Waals surface area contributed by atoms with Gasteiger partial charge in [-0.25, -0.2) is 0 Å². The standard InChI is InChI=1S/C17H36.2O.Ti/c1-3-5-7-9-11-13-15-17-16-14-12-10-8-6-4-2;;;/h3-17H2,1-2H3;;;. The molecular weight excluding hydrogens is 284 g/mol. The zero-order valence-corrected chi connectivity index (χ0v) is 15.5. The van der Waals surface area contributed by atoms with Crippen LogP contribution in [-0.2, 0) is 25.7 Å². The summed E-state index contributed by atoms with van der Waals surface area (Å²) in [6.07, 6.45) is 21.9. The van der Waals surface area contributed by atoms with Crippen LogP contribution in [-0.4, -0.2) is 0 Å². The van der Waals surface area contributed by atoms with Gasteiger partial charge in [0.15, 0.2) is 0 Å². The van der Waals surface area contributed by atoms with Crippen LogP contribution in [0.3, 0.4) is 0 Å². The van der Waals surface area contributed by atoms with Gasteiger partial charge in [-0.05, 0) is 0 Å². The summed E-state index contributed by atoms with van der Waals surface area (Å²) in [6.45, 7) is 4.58. The number of hydrogen-bond acceptors (Lipinski definition) is 2. The molecule has 0 spiro atoms. The summed E-state index contributed by atoms with van der Waals surface area (Å²) in [4.78, 5) is 0. The molecule has 0 heterocycles. The van der Waals surface area contributed by atoms with Gasteiger partial charge < -0.3 is 0 Å². The summed E-state index contributed by atoms with van der Waals surface area (Å²) in [5.74, 6) is 0. The Morgan fingerprint density at radius 3 is 0.750 bits per heavy atom. The van der Waals surface area contributed by atoms with E-state index in [0.717, 1.165) is 0 Å². The second-order valence-corrected chi connectivity index (χ2v) is 5.94. The van der Waals surface area contributed by atoms with E-state index in [1.54, 1.807) is 0 Å². The Morgan fingerprint density at radius 2 is 0.600 bits per heavy atom. The third-order valence-corrected chi connectivity index (χ3v) is 3.71. The summed E-state index contributed by atoms with van der Waals surface area (Å²) in [7, 11) is 0. The van der Waals surface area contributed by atoms with E-state index in [1.807, 2.05) is 0 Å². The van der Waals surface area contributed by atoms with E-state index in [-0.39, 0.29) is 0 Å². The van der Waals surface area contributed by atoms with Crippen LogP contribution in [0.4, 0.5) is 0 Å². The van der Waals surface area contributed by atoms with Gasteiger partial charge in [0.05, 0.1) is 0 Å². The zero-order chi connectivity index (χ0) is 15.3. The van der Waals surface area contributed by atoms with Gasteiger partial charge in [0.25, 0.3) is 0 Å². The average Bonchev–Trinajstić information content (AvgIpc) is 2.45. The first-order chi connectivity index (χ1) is 9.83. The molecule has 0 aliphatic carbocycles. The second kappa shape index (κ2) is 24.3. The molecule has 0 aliphatic rings. The van der Waals surface area contributed by atoms with Crippen LogP contribution in [0.25, 0.3) is 0 Å². The molecule has 0 fully saturated rings. The van der Waals surface area contributed by atoms with Crippen LogP contribution in [0.15, 0.2) is 0 Å². The third kappa shape index (κ3) is 26.8. The van der Waals surface area contributed by atoms with E-state index < -0.39 is 19.1 Å². The molecule has 0 radical (unpaired) electrons. The predicted molar refractivity (Wildman–Crippen MR) is 82.0 cm³/mol. The Hall–Kier alpha value is 0.314. The topological polar surface area (TPSA) is 34.1 Å². The normalized spacial score (nSPS) is 9.70. The van der Waals surface area contributed by atoms with Crippen molar-refractivity contribution in [2.45, 2.75) is 110 Å². The van der Waals surface area contributed by atoms with Crippen molar-refractivity contribution in [3.63, 3.8) is 0 Å². The Bertz CT molecular complexity index is 175. The SMILES string of the molecule is CCCCCCCCCCCCCCCCC.[O]=[Ti]=[O]. The maximum absolute atomic E-state index is 8.50. The first-order valence-electron chi connectivity index (χ1n) is 8.82. The molecule has 20 heavy (non-hydrogen) atoms. The molecule has 0 amide bonds. The van der Waals surface area contributed by atoms with E-state index in [4.69, 9.17) is 6.65 Å². The second-order valence-electron chi connectivity index (χ2n) is 5.68. The summed E-state index contributed by atoms with van der Waals surface area (Å²) in [6, 6.07) is 0. The van der Waals surface area contributed by atoms with Gasteiger partial charge in [-0.3, -0.25) is 0 Å². The molecule has 120 valence electrons. The zero-order valence-electron chi connectivity index (χ0n) is 13.9. The summed E-state index contributed by atoms with van der Waals surface area (Å²) >= 11 is -2.00. The number of rotatable bonds is 14. The van der Waals surface area contributed by atoms with Crippen LogP contribution in [0.1, 0.15) is 110 Å². The summed E-state index contributed by atoms with van der Waals surface area (Å²) in [5.41, 5.74) is 0. The van der Waals surface area contributed by atoms with E-state index in [2.05, 4.69) is 13.8 Å². The summed E-state index contributed by atoms with van der Waals surface area (Å²) < 4.78 is 17.0. The molecule has 0 bridgehead atoms. The summed E-state index contributed by atoms with van der Waals surface area (Å²) in [5, 5.41) is 0. The fourth-order valence-corrected chi connectivity index (χ4v) is 2.44. The monoisotopic (exact) mass is 320 g/mol. The van der Waals surface area contributed by atoms with Gasteiger partial charge in [-0.1, -0.05) is 110 Å². The van der Waals surface area contributed by atoms with Crippen molar-refractivity contribution in [3.05, 3.63) is 0 Å². The van der Waals surface area contributed by atoms with Gasteiger partial charge >= 0.3 is 25.7 Å². The van der Waals surface area contributed by atoms with E-state index in [0.29, 0.717) is 0 Å². The average molecular weight is 320 g/mol. The van der Waals surface area contributed by atoms with Gasteiger partial charge in [0.1, 0.15) is 0 Å². The van der Waals surface area contributed by atoms with Gasteiger partial charge in [0, 0.05) is 0 Å². The Balaban J connectivity index is 0. The van der Waals surface area contributed by atoms with Gasteiger partial charge in [0.2, 0.25) is 0 Å². The van der Waals surface area contributed by atoms with Gasteiger partial charge in [-0.2, -0.15) is 0 Å². The third-order valence-electron chi connectivity index (χ3n) is 3.71. The van der Waals surface area contributed by atoms with Crippen molar-refractivity contribution in [1.82, 2.24) is 0 Å². The molecule has 0 aromatic heterocycles. The maximum atomic E-state index is 8.50. The molecule has 0 unspecified atom stereocenters. The molecule has 0 saturated heterocycles. The van der Waals surface area contributed by atoms with E-state index in [9.17, 15) is 0 Å². The van der Waals surface area contributed by atoms with Crippen LogP contribution < -0.4 is 0 Å². The Kier molecular flexibility index (Phi) is 27.5. The first kappa shape index (κ1) is 22.6. The Morgan fingerprint density at radius 1 is 0.450 bits per heavy atom.